The van der Waals surface area contributed by atoms with Crippen LogP contribution in [0.15, 0.2) is 24.3 Å². The first kappa shape index (κ1) is 13.1. The number of hydrogen-bond donors (Lipinski definition) is 1. The summed E-state index contributed by atoms with van der Waals surface area (Å²) >= 11 is 0. The number of benzene rings is 1. The zero-order valence-electron chi connectivity index (χ0n) is 10.7. The Hall–Kier alpha value is -2.31. The predicted octanol–water partition coefficient (Wildman–Crippen LogP) is 1.07. The first-order chi connectivity index (χ1) is 9.08. The van der Waals surface area contributed by atoms with Gasteiger partial charge in [-0.1, -0.05) is 13.8 Å². The van der Waals surface area contributed by atoms with Gasteiger partial charge in [0.05, 0.1) is 12.2 Å². The van der Waals surface area contributed by atoms with Crippen molar-refractivity contribution in [3.05, 3.63) is 35.9 Å². The van der Waals surface area contributed by atoms with Gasteiger partial charge >= 0.3 is 0 Å². The Kier molecular flexibility index (Phi) is 3.84. The van der Waals surface area contributed by atoms with Crippen molar-refractivity contribution in [2.24, 2.45) is 5.92 Å². The van der Waals surface area contributed by atoms with Gasteiger partial charge in [-0.3, -0.25) is 4.79 Å². The van der Waals surface area contributed by atoms with Crippen molar-refractivity contribution in [2.45, 2.75) is 20.4 Å². The Morgan fingerprint density at radius 3 is 2.68 bits per heavy atom. The van der Waals surface area contributed by atoms with Crippen molar-refractivity contribution < 1.29 is 9.18 Å². The van der Waals surface area contributed by atoms with E-state index in [0.29, 0.717) is 11.5 Å². The maximum Gasteiger partial charge on any atom is 0.222 e. The molecule has 1 aromatic carbocycles. The lowest BCUT2D eigenvalue weighted by Gasteiger charge is -2.07. The number of amides is 1. The smallest absolute Gasteiger partial charge is 0.222 e. The lowest BCUT2D eigenvalue weighted by Crippen LogP contribution is -2.28. The number of nitrogens with one attached hydrogen (secondary N) is 1. The third-order valence-electron chi connectivity index (χ3n) is 2.55. The second-order valence-corrected chi connectivity index (χ2v) is 4.36. The van der Waals surface area contributed by atoms with E-state index < -0.39 is 0 Å². The van der Waals surface area contributed by atoms with Crippen LogP contribution in [0.25, 0.3) is 5.69 Å². The summed E-state index contributed by atoms with van der Waals surface area (Å²) < 4.78 is 14.3. The average Bonchev–Trinajstić information content (AvgIpc) is 2.85. The molecule has 0 bridgehead atoms. The molecule has 0 unspecified atom stereocenters. The summed E-state index contributed by atoms with van der Waals surface area (Å²) in [6.07, 6.45) is 0. The monoisotopic (exact) mass is 263 g/mol. The summed E-state index contributed by atoms with van der Waals surface area (Å²) in [7, 11) is 0. The highest BCUT2D eigenvalue weighted by Gasteiger charge is 2.11. The van der Waals surface area contributed by atoms with Gasteiger partial charge in [0.1, 0.15) is 5.82 Å². The zero-order valence-corrected chi connectivity index (χ0v) is 10.7. The first-order valence-corrected chi connectivity index (χ1v) is 5.89. The summed E-state index contributed by atoms with van der Waals surface area (Å²) in [5.74, 6) is -0.0177. The molecule has 19 heavy (non-hydrogen) atoms. The molecule has 0 aliphatic rings. The third kappa shape index (κ3) is 3.12. The fourth-order valence-corrected chi connectivity index (χ4v) is 1.47. The Labute approximate surface area is 109 Å². The maximum absolute atomic E-state index is 12.9. The molecule has 7 heteroatoms. The molecular formula is C12H14FN5O. The van der Waals surface area contributed by atoms with Gasteiger partial charge in [0.15, 0.2) is 5.82 Å². The van der Waals surface area contributed by atoms with Crippen LogP contribution in [0.5, 0.6) is 0 Å². The minimum absolute atomic E-state index is 0.0753. The zero-order chi connectivity index (χ0) is 13.8. The fraction of sp³-hybridized carbons (Fsp3) is 0.333. The lowest BCUT2D eigenvalue weighted by molar-refractivity contribution is -0.124. The van der Waals surface area contributed by atoms with E-state index in [-0.39, 0.29) is 24.2 Å². The van der Waals surface area contributed by atoms with E-state index in [9.17, 15) is 9.18 Å². The van der Waals surface area contributed by atoms with Crippen molar-refractivity contribution >= 4 is 5.91 Å². The number of halogens is 1. The normalized spacial score (nSPS) is 10.7. The number of carbonyl (C=O) groups is 1. The predicted molar refractivity (Wildman–Crippen MR) is 65.8 cm³/mol. The van der Waals surface area contributed by atoms with Gasteiger partial charge in [0, 0.05) is 5.92 Å². The van der Waals surface area contributed by atoms with Gasteiger partial charge in [0.25, 0.3) is 0 Å². The van der Waals surface area contributed by atoms with E-state index in [1.165, 1.54) is 16.8 Å². The topological polar surface area (TPSA) is 72.7 Å². The maximum atomic E-state index is 12.9. The molecule has 0 aliphatic carbocycles. The first-order valence-electron chi connectivity index (χ1n) is 5.89. The minimum Gasteiger partial charge on any atom is -0.349 e. The molecule has 0 saturated carbocycles. The molecule has 0 aliphatic heterocycles. The second-order valence-electron chi connectivity index (χ2n) is 4.36. The van der Waals surface area contributed by atoms with E-state index in [4.69, 9.17) is 0 Å². The molecule has 1 aromatic heterocycles. The van der Waals surface area contributed by atoms with E-state index in [0.717, 1.165) is 0 Å². The molecule has 100 valence electrons. The largest absolute Gasteiger partial charge is 0.349 e. The van der Waals surface area contributed by atoms with E-state index in [1.807, 2.05) is 0 Å². The van der Waals surface area contributed by atoms with Crippen molar-refractivity contribution in [1.82, 2.24) is 25.5 Å². The van der Waals surface area contributed by atoms with Crippen LogP contribution in [0.1, 0.15) is 19.7 Å². The van der Waals surface area contributed by atoms with Crippen LogP contribution in [0.4, 0.5) is 4.39 Å². The average molecular weight is 263 g/mol. The molecule has 2 rings (SSSR count). The molecule has 0 spiro atoms. The van der Waals surface area contributed by atoms with Crippen LogP contribution >= 0.6 is 0 Å². The van der Waals surface area contributed by atoms with Crippen LogP contribution in [-0.4, -0.2) is 26.1 Å². The number of carbonyl (C=O) groups excluding carboxylic acids is 1. The van der Waals surface area contributed by atoms with Gasteiger partial charge in [0.2, 0.25) is 5.91 Å². The molecule has 2 aromatic rings. The van der Waals surface area contributed by atoms with Crippen molar-refractivity contribution in [3.8, 4) is 5.69 Å². The second kappa shape index (κ2) is 5.55. The van der Waals surface area contributed by atoms with Gasteiger partial charge in [-0.15, -0.1) is 5.10 Å². The van der Waals surface area contributed by atoms with Gasteiger partial charge < -0.3 is 5.32 Å². The molecule has 0 radical (unpaired) electrons. The molecule has 0 atom stereocenters. The molecule has 0 fully saturated rings. The summed E-state index contributed by atoms with van der Waals surface area (Å²) in [6, 6.07) is 5.79. The summed E-state index contributed by atoms with van der Waals surface area (Å²) in [6.45, 7) is 3.83. The molecular weight excluding hydrogens is 249 g/mol. The molecule has 1 amide bonds. The highest BCUT2D eigenvalue weighted by Crippen LogP contribution is 2.09. The fourth-order valence-electron chi connectivity index (χ4n) is 1.47. The number of tetrazole rings is 1. The molecule has 1 N–H and O–H groups in total. The minimum atomic E-state index is -0.327. The Balaban J connectivity index is 2.14. The molecule has 1 heterocycles. The number of aromatic nitrogens is 4. The standard InChI is InChI=1S/C12H14FN5O/c1-8(2)12(19)14-7-11-15-16-17-18(11)10-5-3-9(13)4-6-10/h3-6,8H,7H2,1-2H3,(H,14,19). The molecule has 6 nitrogen and oxygen atoms in total. The third-order valence-corrected chi connectivity index (χ3v) is 2.55. The summed E-state index contributed by atoms with van der Waals surface area (Å²) in [5.41, 5.74) is 0.639. The highest BCUT2D eigenvalue weighted by atomic mass is 19.1. The van der Waals surface area contributed by atoms with Crippen LogP contribution < -0.4 is 5.32 Å². The number of nitrogens with zero attached hydrogens (tertiary/aromatic N) is 4. The number of hydrogen-bond acceptors (Lipinski definition) is 4. The van der Waals surface area contributed by atoms with Crippen LogP contribution in [0.2, 0.25) is 0 Å². The Morgan fingerprint density at radius 1 is 1.37 bits per heavy atom. The van der Waals surface area contributed by atoms with Crippen LogP contribution in [0, 0.1) is 11.7 Å². The van der Waals surface area contributed by atoms with E-state index >= 15 is 0 Å². The van der Waals surface area contributed by atoms with Crippen molar-refractivity contribution in [1.29, 1.82) is 0 Å². The van der Waals surface area contributed by atoms with Gasteiger partial charge in [-0.25, -0.2) is 4.39 Å². The Morgan fingerprint density at radius 2 is 2.05 bits per heavy atom. The lowest BCUT2D eigenvalue weighted by atomic mass is 10.2. The van der Waals surface area contributed by atoms with Gasteiger partial charge in [-0.05, 0) is 34.7 Å². The highest BCUT2D eigenvalue weighted by molar-refractivity contribution is 5.77. The summed E-state index contributed by atoms with van der Waals surface area (Å²) in [4.78, 5) is 11.5. The molecule has 0 saturated heterocycles. The van der Waals surface area contributed by atoms with Crippen molar-refractivity contribution in [3.63, 3.8) is 0 Å². The number of rotatable bonds is 4. The van der Waals surface area contributed by atoms with Crippen molar-refractivity contribution in [2.75, 3.05) is 0 Å². The quantitative estimate of drug-likeness (QED) is 0.895. The van der Waals surface area contributed by atoms with E-state index in [1.54, 1.807) is 26.0 Å². The summed E-state index contributed by atoms with van der Waals surface area (Å²) in [5, 5.41) is 14.0. The van der Waals surface area contributed by atoms with Crippen LogP contribution in [0.3, 0.4) is 0 Å². The Bertz CT molecular complexity index is 564. The SMILES string of the molecule is CC(C)C(=O)NCc1nnnn1-c1ccc(F)cc1. The van der Waals surface area contributed by atoms with Crippen LogP contribution in [-0.2, 0) is 11.3 Å². The van der Waals surface area contributed by atoms with Gasteiger partial charge in [-0.2, -0.15) is 4.68 Å². The van der Waals surface area contributed by atoms with E-state index in [2.05, 4.69) is 20.8 Å².